The van der Waals surface area contributed by atoms with Gasteiger partial charge in [0.1, 0.15) is 0 Å². The summed E-state index contributed by atoms with van der Waals surface area (Å²) in [6.07, 6.45) is 4.31. The molecule has 2 heteroatoms. The van der Waals surface area contributed by atoms with Gasteiger partial charge in [0.25, 0.3) is 0 Å². The van der Waals surface area contributed by atoms with E-state index in [9.17, 15) is 0 Å². The van der Waals surface area contributed by atoms with Crippen LogP contribution in [0, 0.1) is 17.2 Å². The van der Waals surface area contributed by atoms with Crippen LogP contribution in [0.15, 0.2) is 11.5 Å². The molecule has 1 N–H and O–H groups in total. The van der Waals surface area contributed by atoms with Crippen LogP contribution in [0.25, 0.3) is 0 Å². The Hall–Kier alpha value is -0.240. The molecule has 1 aliphatic rings. The van der Waals surface area contributed by atoms with Crippen LogP contribution in [-0.4, -0.2) is 5.04 Å². The summed E-state index contributed by atoms with van der Waals surface area (Å²) in [7, 11) is 0. The van der Waals surface area contributed by atoms with Gasteiger partial charge in [-0.3, -0.25) is 5.41 Å². The van der Waals surface area contributed by atoms with Crippen molar-refractivity contribution in [3.05, 3.63) is 11.5 Å². The number of nitrogens with one attached hydrogen (secondary N) is 1. The summed E-state index contributed by atoms with van der Waals surface area (Å²) in [6.45, 7) is 4.25. The van der Waals surface area contributed by atoms with Crippen LogP contribution >= 0.6 is 11.8 Å². The normalized spacial score (nSPS) is 29.3. The second-order valence-corrected chi connectivity index (χ2v) is 4.19. The number of hydrogen-bond acceptors (Lipinski definition) is 2. The Bertz CT molecular complexity index is 174. The summed E-state index contributed by atoms with van der Waals surface area (Å²) in [6, 6.07) is 0. The summed E-state index contributed by atoms with van der Waals surface area (Å²) in [5.74, 6) is 1.70. The molecule has 62 valence electrons. The molecule has 0 amide bonds. The average Bonchev–Trinajstić information content (AvgIpc) is 2.62. The van der Waals surface area contributed by atoms with Gasteiger partial charge >= 0.3 is 0 Å². The monoisotopic (exact) mass is 169 g/mol. The maximum Gasteiger partial charge on any atom is 0.0686 e. The molecule has 1 nitrogen and oxygen atoms in total. The van der Waals surface area contributed by atoms with Crippen LogP contribution in [0.2, 0.25) is 0 Å². The molecule has 1 fully saturated rings. The van der Waals surface area contributed by atoms with E-state index in [4.69, 9.17) is 5.41 Å². The van der Waals surface area contributed by atoms with Gasteiger partial charge in [-0.25, -0.2) is 0 Å². The molecule has 2 atom stereocenters. The lowest BCUT2D eigenvalue weighted by Crippen LogP contribution is -1.90. The van der Waals surface area contributed by atoms with Crippen molar-refractivity contribution in [2.45, 2.75) is 26.7 Å². The van der Waals surface area contributed by atoms with E-state index in [1.54, 1.807) is 11.8 Å². The maximum absolute atomic E-state index is 7.56. The number of thioether (sulfide) groups is 1. The lowest BCUT2D eigenvalue weighted by Gasteiger charge is -1.96. The first kappa shape index (κ1) is 8.85. The lowest BCUT2D eigenvalue weighted by atomic mass is 10.3. The van der Waals surface area contributed by atoms with Crippen molar-refractivity contribution in [2.75, 3.05) is 0 Å². The third-order valence-corrected chi connectivity index (χ3v) is 2.93. The Morgan fingerprint density at radius 3 is 2.82 bits per heavy atom. The molecule has 0 aliphatic heterocycles. The van der Waals surface area contributed by atoms with Crippen LogP contribution < -0.4 is 0 Å². The van der Waals surface area contributed by atoms with E-state index in [1.807, 2.05) is 18.4 Å². The molecule has 1 saturated carbocycles. The molecule has 0 aromatic heterocycles. The Balaban J connectivity index is 2.11. The van der Waals surface area contributed by atoms with Gasteiger partial charge in [0.2, 0.25) is 0 Å². The fraction of sp³-hybridized carbons (Fsp3) is 0.667. The molecule has 0 spiro atoms. The first-order valence-corrected chi connectivity index (χ1v) is 4.97. The van der Waals surface area contributed by atoms with E-state index in [0.717, 1.165) is 23.3 Å². The predicted molar refractivity (Wildman–Crippen MR) is 52.0 cm³/mol. The second kappa shape index (κ2) is 3.96. The van der Waals surface area contributed by atoms with E-state index < -0.39 is 0 Å². The van der Waals surface area contributed by atoms with Gasteiger partial charge in [-0.1, -0.05) is 24.8 Å². The topological polar surface area (TPSA) is 23.9 Å². The first-order valence-electron chi connectivity index (χ1n) is 4.09. The molecule has 1 rings (SSSR count). The van der Waals surface area contributed by atoms with Crippen molar-refractivity contribution in [1.29, 1.82) is 5.41 Å². The van der Waals surface area contributed by atoms with E-state index in [-0.39, 0.29) is 0 Å². The minimum absolute atomic E-state index is 0.817. The molecule has 0 bridgehead atoms. The molecule has 2 unspecified atom stereocenters. The fourth-order valence-corrected chi connectivity index (χ4v) is 1.73. The molecule has 11 heavy (non-hydrogen) atoms. The van der Waals surface area contributed by atoms with Crippen LogP contribution in [-0.2, 0) is 0 Å². The highest BCUT2D eigenvalue weighted by molar-refractivity contribution is 8.16. The SMILES string of the molecule is C/C=C\SC(=N)CC1CC1C. The zero-order valence-corrected chi connectivity index (χ0v) is 7.95. The predicted octanol–water partition coefficient (Wildman–Crippen LogP) is 3.28. The third-order valence-electron chi connectivity index (χ3n) is 2.07. The van der Waals surface area contributed by atoms with E-state index in [1.165, 1.54) is 6.42 Å². The van der Waals surface area contributed by atoms with Crippen molar-refractivity contribution in [2.24, 2.45) is 11.8 Å². The smallest absolute Gasteiger partial charge is 0.0686 e. The Kier molecular flexibility index (Phi) is 3.18. The Morgan fingerprint density at radius 2 is 2.36 bits per heavy atom. The summed E-state index contributed by atoms with van der Waals surface area (Å²) in [4.78, 5) is 0. The highest BCUT2D eigenvalue weighted by atomic mass is 32.2. The van der Waals surface area contributed by atoms with Gasteiger partial charge in [-0.15, -0.1) is 0 Å². The fourth-order valence-electron chi connectivity index (χ4n) is 1.12. The zero-order valence-electron chi connectivity index (χ0n) is 7.13. The second-order valence-electron chi connectivity index (χ2n) is 3.19. The van der Waals surface area contributed by atoms with Crippen molar-refractivity contribution in [3.63, 3.8) is 0 Å². The molecule has 1 aliphatic carbocycles. The van der Waals surface area contributed by atoms with Gasteiger partial charge in [-0.2, -0.15) is 0 Å². The number of allylic oxidation sites excluding steroid dienone is 1. The quantitative estimate of drug-likeness (QED) is 0.508. The maximum atomic E-state index is 7.56. The molecule has 0 radical (unpaired) electrons. The van der Waals surface area contributed by atoms with Crippen molar-refractivity contribution in [3.8, 4) is 0 Å². The highest BCUT2D eigenvalue weighted by Gasteiger charge is 2.32. The summed E-state index contributed by atoms with van der Waals surface area (Å²) < 4.78 is 0. The van der Waals surface area contributed by atoms with E-state index in [2.05, 4.69) is 6.92 Å². The van der Waals surface area contributed by atoms with Crippen LogP contribution in [0.1, 0.15) is 26.7 Å². The summed E-state index contributed by atoms with van der Waals surface area (Å²) >= 11 is 1.55. The van der Waals surface area contributed by atoms with Gasteiger partial charge < -0.3 is 0 Å². The Labute approximate surface area is 72.8 Å². The third kappa shape index (κ3) is 3.10. The standard InChI is InChI=1S/C9H15NS/c1-3-4-11-9(10)6-8-5-7(8)2/h3-4,7-8,10H,5-6H2,1-2H3/b4-3-,10-9?. The average molecular weight is 169 g/mol. The Morgan fingerprint density at radius 1 is 1.73 bits per heavy atom. The van der Waals surface area contributed by atoms with Crippen LogP contribution in [0.5, 0.6) is 0 Å². The lowest BCUT2D eigenvalue weighted by molar-refractivity contribution is 0.789. The molecule has 0 heterocycles. The molecular formula is C9H15NS. The van der Waals surface area contributed by atoms with Gasteiger partial charge in [-0.05, 0) is 37.0 Å². The summed E-state index contributed by atoms with van der Waals surface area (Å²) in [5.41, 5.74) is 0. The largest absolute Gasteiger partial charge is 0.298 e. The summed E-state index contributed by atoms with van der Waals surface area (Å²) in [5, 5.41) is 10.4. The van der Waals surface area contributed by atoms with Crippen molar-refractivity contribution < 1.29 is 0 Å². The number of hydrogen-bond donors (Lipinski definition) is 1. The van der Waals surface area contributed by atoms with Gasteiger partial charge in [0.05, 0.1) is 5.04 Å². The van der Waals surface area contributed by atoms with Crippen LogP contribution in [0.4, 0.5) is 0 Å². The molecular weight excluding hydrogens is 154 g/mol. The zero-order chi connectivity index (χ0) is 8.27. The minimum Gasteiger partial charge on any atom is -0.298 e. The van der Waals surface area contributed by atoms with Crippen molar-refractivity contribution in [1.82, 2.24) is 0 Å². The van der Waals surface area contributed by atoms with E-state index in [0.29, 0.717) is 0 Å². The minimum atomic E-state index is 0.817. The van der Waals surface area contributed by atoms with Gasteiger partial charge in [0.15, 0.2) is 0 Å². The first-order chi connectivity index (χ1) is 5.24. The van der Waals surface area contributed by atoms with E-state index >= 15 is 0 Å². The van der Waals surface area contributed by atoms with Gasteiger partial charge in [0, 0.05) is 0 Å². The highest BCUT2D eigenvalue weighted by Crippen LogP contribution is 2.41. The molecule has 0 aromatic rings. The van der Waals surface area contributed by atoms with Crippen molar-refractivity contribution >= 4 is 16.8 Å². The molecule has 0 saturated heterocycles. The van der Waals surface area contributed by atoms with Crippen LogP contribution in [0.3, 0.4) is 0 Å². The number of rotatable bonds is 3. The molecule has 0 aromatic carbocycles.